The molecule has 1 aromatic carbocycles. The van der Waals surface area contributed by atoms with Crippen molar-refractivity contribution >= 4 is 11.7 Å². The minimum absolute atomic E-state index is 0.217. The Kier molecular flexibility index (Phi) is 5.07. The summed E-state index contributed by atoms with van der Waals surface area (Å²) in [7, 11) is 4.77. The van der Waals surface area contributed by atoms with Gasteiger partial charge in [-0.15, -0.1) is 0 Å². The molecule has 0 spiro atoms. The Bertz CT molecular complexity index is 481. The van der Waals surface area contributed by atoms with Crippen molar-refractivity contribution < 1.29 is 19.0 Å². The van der Waals surface area contributed by atoms with Crippen LogP contribution in [0.5, 0.6) is 5.75 Å². The molecule has 1 N–H and O–H groups in total. The average molecular weight is 293 g/mol. The molecule has 0 amide bonds. The third kappa shape index (κ3) is 3.47. The van der Waals surface area contributed by atoms with Crippen molar-refractivity contribution in [1.82, 2.24) is 0 Å². The maximum Gasteiger partial charge on any atom is 0.331 e. The third-order valence-corrected chi connectivity index (χ3v) is 4.15. The van der Waals surface area contributed by atoms with E-state index in [9.17, 15) is 4.79 Å². The third-order valence-electron chi connectivity index (χ3n) is 4.15. The van der Waals surface area contributed by atoms with Crippen molar-refractivity contribution in [2.45, 2.75) is 37.3 Å². The molecule has 1 saturated carbocycles. The van der Waals surface area contributed by atoms with Gasteiger partial charge in [-0.05, 0) is 37.8 Å². The zero-order valence-corrected chi connectivity index (χ0v) is 12.8. The molecule has 0 heterocycles. The molecule has 5 heteroatoms. The number of carbonyl (C=O) groups excluding carboxylic acids is 1. The predicted octanol–water partition coefficient (Wildman–Crippen LogP) is 2.61. The number of benzene rings is 1. The minimum atomic E-state index is -0.684. The molecular formula is C16H23NO4. The second kappa shape index (κ2) is 6.80. The molecule has 21 heavy (non-hydrogen) atoms. The van der Waals surface area contributed by atoms with Crippen LogP contribution in [0.3, 0.4) is 0 Å². The Morgan fingerprint density at radius 2 is 1.95 bits per heavy atom. The normalized spacial score (nSPS) is 25.2. The summed E-state index contributed by atoms with van der Waals surface area (Å²) in [5, 5.41) is 3.35. The van der Waals surface area contributed by atoms with Crippen LogP contribution in [0.2, 0.25) is 0 Å². The predicted molar refractivity (Wildman–Crippen MR) is 80.6 cm³/mol. The van der Waals surface area contributed by atoms with E-state index in [-0.39, 0.29) is 12.1 Å². The van der Waals surface area contributed by atoms with E-state index in [1.165, 1.54) is 7.11 Å². The molecule has 0 radical (unpaired) electrons. The van der Waals surface area contributed by atoms with Crippen molar-refractivity contribution in [1.29, 1.82) is 0 Å². The minimum Gasteiger partial charge on any atom is -0.497 e. The summed E-state index contributed by atoms with van der Waals surface area (Å²) < 4.78 is 15.6. The van der Waals surface area contributed by atoms with Gasteiger partial charge in [0.25, 0.3) is 0 Å². The van der Waals surface area contributed by atoms with Gasteiger partial charge in [0.05, 0.1) is 20.3 Å². The van der Waals surface area contributed by atoms with Gasteiger partial charge in [-0.3, -0.25) is 0 Å². The van der Waals surface area contributed by atoms with E-state index in [0.29, 0.717) is 12.8 Å². The SMILES string of the molecule is COC(=O)C1(Nc2cccc(OC)c2)CCC(OC)CC1. The molecule has 116 valence electrons. The number of ether oxygens (including phenoxy) is 3. The first kappa shape index (κ1) is 15.6. The van der Waals surface area contributed by atoms with E-state index in [2.05, 4.69) is 5.32 Å². The lowest BCUT2D eigenvalue weighted by Gasteiger charge is -2.38. The average Bonchev–Trinajstić information content (AvgIpc) is 2.54. The van der Waals surface area contributed by atoms with Crippen LogP contribution in [0, 0.1) is 0 Å². The summed E-state index contributed by atoms with van der Waals surface area (Å²) in [5.41, 5.74) is 0.173. The lowest BCUT2D eigenvalue weighted by atomic mass is 9.80. The van der Waals surface area contributed by atoms with E-state index in [1.54, 1.807) is 14.2 Å². The van der Waals surface area contributed by atoms with Crippen molar-refractivity contribution in [3.05, 3.63) is 24.3 Å². The van der Waals surface area contributed by atoms with Gasteiger partial charge in [0.2, 0.25) is 0 Å². The first-order valence-electron chi connectivity index (χ1n) is 7.17. The maximum absolute atomic E-state index is 12.3. The summed E-state index contributed by atoms with van der Waals surface area (Å²) in [6.45, 7) is 0. The fourth-order valence-electron chi connectivity index (χ4n) is 2.87. The number of nitrogens with one attached hydrogen (secondary N) is 1. The Morgan fingerprint density at radius 3 is 2.52 bits per heavy atom. The van der Waals surface area contributed by atoms with Gasteiger partial charge in [0, 0.05) is 18.9 Å². The van der Waals surface area contributed by atoms with Gasteiger partial charge >= 0.3 is 5.97 Å². The zero-order chi connectivity index (χ0) is 15.3. The van der Waals surface area contributed by atoms with Gasteiger partial charge in [0.15, 0.2) is 0 Å². The van der Waals surface area contributed by atoms with E-state index in [4.69, 9.17) is 14.2 Å². The highest BCUT2D eigenvalue weighted by Crippen LogP contribution is 2.34. The molecule has 1 aliphatic rings. The van der Waals surface area contributed by atoms with E-state index < -0.39 is 5.54 Å². The topological polar surface area (TPSA) is 56.8 Å². The largest absolute Gasteiger partial charge is 0.497 e. The standard InChI is InChI=1S/C16H23NO4/c1-19-13-7-9-16(10-8-13,15(18)21-3)17-12-5-4-6-14(11-12)20-2/h4-6,11,13,17H,7-10H2,1-3H3. The number of hydrogen-bond acceptors (Lipinski definition) is 5. The molecule has 0 aliphatic heterocycles. The number of anilines is 1. The molecule has 5 nitrogen and oxygen atoms in total. The van der Waals surface area contributed by atoms with Crippen molar-refractivity contribution in [3.63, 3.8) is 0 Å². The number of hydrogen-bond donors (Lipinski definition) is 1. The first-order valence-corrected chi connectivity index (χ1v) is 7.17. The lowest BCUT2D eigenvalue weighted by molar-refractivity contribution is -0.148. The number of methoxy groups -OCH3 is 3. The summed E-state index contributed by atoms with van der Waals surface area (Å²) in [6, 6.07) is 7.58. The quantitative estimate of drug-likeness (QED) is 0.846. The van der Waals surface area contributed by atoms with Crippen LogP contribution in [0.15, 0.2) is 24.3 Å². The molecule has 1 fully saturated rings. The Hall–Kier alpha value is -1.75. The monoisotopic (exact) mass is 293 g/mol. The lowest BCUT2D eigenvalue weighted by Crippen LogP contribution is -2.50. The molecule has 1 aliphatic carbocycles. The van der Waals surface area contributed by atoms with Gasteiger partial charge in [-0.1, -0.05) is 6.07 Å². The molecular weight excluding hydrogens is 270 g/mol. The zero-order valence-electron chi connectivity index (χ0n) is 12.8. The highest BCUT2D eigenvalue weighted by atomic mass is 16.5. The summed E-state index contributed by atoms with van der Waals surface area (Å²) in [5.74, 6) is 0.533. The Labute approximate surface area is 125 Å². The van der Waals surface area contributed by atoms with Gasteiger partial charge in [-0.25, -0.2) is 4.79 Å². The van der Waals surface area contributed by atoms with E-state index >= 15 is 0 Å². The molecule has 2 rings (SSSR count). The number of rotatable bonds is 5. The van der Waals surface area contributed by atoms with Gasteiger partial charge < -0.3 is 19.5 Å². The number of carbonyl (C=O) groups is 1. The van der Waals surface area contributed by atoms with Crippen molar-refractivity contribution in [2.24, 2.45) is 0 Å². The molecule has 0 unspecified atom stereocenters. The molecule has 0 saturated heterocycles. The van der Waals surface area contributed by atoms with Crippen LogP contribution in [-0.4, -0.2) is 38.9 Å². The van der Waals surface area contributed by atoms with Gasteiger partial charge in [-0.2, -0.15) is 0 Å². The van der Waals surface area contributed by atoms with E-state index in [1.807, 2.05) is 24.3 Å². The molecule has 0 aromatic heterocycles. The fourth-order valence-corrected chi connectivity index (χ4v) is 2.87. The Morgan fingerprint density at radius 1 is 1.24 bits per heavy atom. The van der Waals surface area contributed by atoms with Crippen LogP contribution in [0.1, 0.15) is 25.7 Å². The second-order valence-electron chi connectivity index (χ2n) is 5.37. The highest BCUT2D eigenvalue weighted by molar-refractivity contribution is 5.84. The van der Waals surface area contributed by atoms with E-state index in [0.717, 1.165) is 24.3 Å². The van der Waals surface area contributed by atoms with Gasteiger partial charge in [0.1, 0.15) is 11.3 Å². The highest BCUT2D eigenvalue weighted by Gasteiger charge is 2.43. The maximum atomic E-state index is 12.3. The van der Waals surface area contributed by atoms with Crippen LogP contribution < -0.4 is 10.1 Å². The first-order chi connectivity index (χ1) is 10.1. The summed E-state index contributed by atoms with van der Waals surface area (Å²) >= 11 is 0. The molecule has 0 bridgehead atoms. The fraction of sp³-hybridized carbons (Fsp3) is 0.562. The van der Waals surface area contributed by atoms with Crippen LogP contribution in [0.4, 0.5) is 5.69 Å². The van der Waals surface area contributed by atoms with Crippen molar-refractivity contribution in [3.8, 4) is 5.75 Å². The van der Waals surface area contributed by atoms with Crippen molar-refractivity contribution in [2.75, 3.05) is 26.6 Å². The second-order valence-corrected chi connectivity index (χ2v) is 5.37. The van der Waals surface area contributed by atoms with Crippen LogP contribution in [0.25, 0.3) is 0 Å². The molecule has 0 atom stereocenters. The smallest absolute Gasteiger partial charge is 0.331 e. The van der Waals surface area contributed by atoms with Crippen LogP contribution in [-0.2, 0) is 14.3 Å². The molecule has 1 aromatic rings. The summed E-state index contributed by atoms with van der Waals surface area (Å²) in [4.78, 5) is 12.3. The van der Waals surface area contributed by atoms with Crippen LogP contribution >= 0.6 is 0 Å². The summed E-state index contributed by atoms with van der Waals surface area (Å²) in [6.07, 6.45) is 3.27. The Balaban J connectivity index is 2.19. The number of esters is 1.